The van der Waals surface area contributed by atoms with Crippen LogP contribution >= 0.6 is 11.6 Å². The molecule has 0 heterocycles. The van der Waals surface area contributed by atoms with Gasteiger partial charge in [-0.25, -0.2) is 0 Å². The molecule has 0 saturated heterocycles. The lowest BCUT2D eigenvalue weighted by Gasteiger charge is -2.14. The molecule has 1 unspecified atom stereocenters. The van der Waals surface area contributed by atoms with Crippen molar-refractivity contribution in [1.29, 1.82) is 0 Å². The highest BCUT2D eigenvalue weighted by atomic mass is 35.5. The topological polar surface area (TPSA) is 64.3 Å². The average Bonchev–Trinajstić information content (AvgIpc) is 2.22. The highest BCUT2D eigenvalue weighted by Crippen LogP contribution is 2.27. The Morgan fingerprint density at radius 1 is 1.60 bits per heavy atom. The molecule has 82 valence electrons. The zero-order valence-corrected chi connectivity index (χ0v) is 9.34. The van der Waals surface area contributed by atoms with Crippen LogP contribution in [0.15, 0.2) is 18.2 Å². The highest BCUT2D eigenvalue weighted by Gasteiger charge is 2.14. The fourth-order valence-electron chi connectivity index (χ4n) is 1.06. The molecular formula is C10H13ClN2O2. The summed E-state index contributed by atoms with van der Waals surface area (Å²) in [5.41, 5.74) is 6.11. The monoisotopic (exact) mass is 228 g/mol. The SMILES string of the molecule is CNC(=O)C(C)Oc1cc(N)ccc1Cl. The van der Waals surface area contributed by atoms with Crippen molar-refractivity contribution in [3.63, 3.8) is 0 Å². The summed E-state index contributed by atoms with van der Waals surface area (Å²) in [6, 6.07) is 4.88. The van der Waals surface area contributed by atoms with Crippen LogP contribution in [0.4, 0.5) is 5.69 Å². The Morgan fingerprint density at radius 2 is 2.27 bits per heavy atom. The number of amides is 1. The van der Waals surface area contributed by atoms with Gasteiger partial charge in [-0.15, -0.1) is 0 Å². The van der Waals surface area contributed by atoms with Crippen LogP contribution in [0.5, 0.6) is 5.75 Å². The van der Waals surface area contributed by atoms with Gasteiger partial charge in [0, 0.05) is 18.8 Å². The van der Waals surface area contributed by atoms with Crippen molar-refractivity contribution in [2.45, 2.75) is 13.0 Å². The van der Waals surface area contributed by atoms with E-state index in [9.17, 15) is 4.79 Å². The first-order valence-corrected chi connectivity index (χ1v) is 4.85. The van der Waals surface area contributed by atoms with Crippen molar-refractivity contribution in [3.05, 3.63) is 23.2 Å². The second kappa shape index (κ2) is 4.89. The lowest BCUT2D eigenvalue weighted by atomic mass is 10.3. The molecule has 0 aliphatic heterocycles. The number of likely N-dealkylation sites (N-methyl/N-ethyl adjacent to an activating group) is 1. The van der Waals surface area contributed by atoms with E-state index >= 15 is 0 Å². The van der Waals surface area contributed by atoms with Gasteiger partial charge < -0.3 is 15.8 Å². The van der Waals surface area contributed by atoms with E-state index in [4.69, 9.17) is 22.1 Å². The van der Waals surface area contributed by atoms with Gasteiger partial charge in [-0.2, -0.15) is 0 Å². The molecule has 1 aromatic carbocycles. The highest BCUT2D eigenvalue weighted by molar-refractivity contribution is 6.32. The van der Waals surface area contributed by atoms with Crippen LogP contribution in [0.1, 0.15) is 6.92 Å². The number of hydrogen-bond donors (Lipinski definition) is 2. The summed E-state index contributed by atoms with van der Waals surface area (Å²) in [5.74, 6) is 0.196. The van der Waals surface area contributed by atoms with Gasteiger partial charge in [0.1, 0.15) is 5.75 Å². The van der Waals surface area contributed by atoms with Crippen LogP contribution < -0.4 is 15.8 Å². The molecule has 0 spiro atoms. The number of nitrogens with two attached hydrogens (primary N) is 1. The lowest BCUT2D eigenvalue weighted by molar-refractivity contribution is -0.126. The quantitative estimate of drug-likeness (QED) is 0.770. The van der Waals surface area contributed by atoms with Crippen molar-refractivity contribution in [3.8, 4) is 5.75 Å². The van der Waals surface area contributed by atoms with Crippen LogP contribution in [0.25, 0.3) is 0 Å². The minimum absolute atomic E-state index is 0.214. The molecule has 1 atom stereocenters. The minimum Gasteiger partial charge on any atom is -0.479 e. The fourth-order valence-corrected chi connectivity index (χ4v) is 1.22. The molecule has 4 nitrogen and oxygen atoms in total. The first-order valence-electron chi connectivity index (χ1n) is 4.48. The number of nitrogen functional groups attached to an aromatic ring is 1. The number of halogens is 1. The van der Waals surface area contributed by atoms with Crippen LogP contribution in [0.2, 0.25) is 5.02 Å². The van der Waals surface area contributed by atoms with Gasteiger partial charge in [0.25, 0.3) is 5.91 Å². The third-order valence-corrected chi connectivity index (χ3v) is 2.19. The summed E-state index contributed by atoms with van der Waals surface area (Å²) in [7, 11) is 1.54. The number of nitrogens with one attached hydrogen (secondary N) is 1. The van der Waals surface area contributed by atoms with Gasteiger partial charge in [-0.05, 0) is 19.1 Å². The van der Waals surface area contributed by atoms with E-state index in [1.165, 1.54) is 0 Å². The number of ether oxygens (including phenoxy) is 1. The third-order valence-electron chi connectivity index (χ3n) is 1.87. The summed E-state index contributed by atoms with van der Waals surface area (Å²) in [6.07, 6.45) is -0.603. The van der Waals surface area contributed by atoms with Crippen molar-refractivity contribution >= 4 is 23.2 Å². The smallest absolute Gasteiger partial charge is 0.260 e. The van der Waals surface area contributed by atoms with Crippen molar-refractivity contribution < 1.29 is 9.53 Å². The molecule has 1 rings (SSSR count). The Balaban J connectivity index is 2.80. The zero-order valence-electron chi connectivity index (χ0n) is 8.58. The Labute approximate surface area is 93.4 Å². The van der Waals surface area contributed by atoms with Crippen molar-refractivity contribution in [2.75, 3.05) is 12.8 Å². The Kier molecular flexibility index (Phi) is 3.80. The third kappa shape index (κ3) is 3.02. The average molecular weight is 229 g/mol. The van der Waals surface area contributed by atoms with E-state index in [1.54, 1.807) is 32.2 Å². The second-order valence-corrected chi connectivity index (χ2v) is 3.47. The maximum Gasteiger partial charge on any atom is 0.260 e. The maximum atomic E-state index is 11.2. The zero-order chi connectivity index (χ0) is 11.4. The molecule has 1 aromatic rings. The van der Waals surface area contributed by atoms with E-state index in [0.29, 0.717) is 16.5 Å². The summed E-state index contributed by atoms with van der Waals surface area (Å²) in [4.78, 5) is 11.2. The molecule has 0 aliphatic carbocycles. The lowest BCUT2D eigenvalue weighted by Crippen LogP contribution is -2.33. The van der Waals surface area contributed by atoms with Crippen LogP contribution in [0.3, 0.4) is 0 Å². The van der Waals surface area contributed by atoms with Crippen LogP contribution in [0, 0.1) is 0 Å². The molecular weight excluding hydrogens is 216 g/mol. The standard InChI is InChI=1S/C10H13ClN2O2/c1-6(10(14)13-2)15-9-5-7(12)3-4-8(9)11/h3-6H,12H2,1-2H3,(H,13,14). The Bertz CT molecular complexity index is 368. The molecule has 0 aliphatic rings. The fraction of sp³-hybridized carbons (Fsp3) is 0.300. The van der Waals surface area contributed by atoms with Crippen molar-refractivity contribution in [2.24, 2.45) is 0 Å². The van der Waals surface area contributed by atoms with Gasteiger partial charge in [-0.1, -0.05) is 11.6 Å². The summed E-state index contributed by atoms with van der Waals surface area (Å²) < 4.78 is 5.35. The molecule has 15 heavy (non-hydrogen) atoms. The van der Waals surface area contributed by atoms with E-state index in [1.807, 2.05) is 0 Å². The molecule has 0 radical (unpaired) electrons. The molecule has 0 fully saturated rings. The predicted molar refractivity (Wildman–Crippen MR) is 60.0 cm³/mol. The molecule has 0 saturated carbocycles. The number of hydrogen-bond acceptors (Lipinski definition) is 3. The number of benzene rings is 1. The summed E-state index contributed by atoms with van der Waals surface area (Å²) in [5, 5.41) is 2.91. The number of carbonyl (C=O) groups is 1. The van der Waals surface area contributed by atoms with E-state index < -0.39 is 6.10 Å². The molecule has 0 bridgehead atoms. The van der Waals surface area contributed by atoms with Crippen LogP contribution in [-0.4, -0.2) is 19.1 Å². The van der Waals surface area contributed by atoms with Crippen molar-refractivity contribution in [1.82, 2.24) is 5.32 Å². The number of carbonyl (C=O) groups excluding carboxylic acids is 1. The van der Waals surface area contributed by atoms with E-state index in [-0.39, 0.29) is 5.91 Å². The van der Waals surface area contributed by atoms with Gasteiger partial charge in [0.05, 0.1) is 5.02 Å². The summed E-state index contributed by atoms with van der Waals surface area (Å²) in [6.45, 7) is 1.64. The maximum absolute atomic E-state index is 11.2. The molecule has 3 N–H and O–H groups in total. The number of anilines is 1. The van der Waals surface area contributed by atoms with E-state index in [2.05, 4.69) is 5.32 Å². The van der Waals surface area contributed by atoms with Gasteiger partial charge in [-0.3, -0.25) is 4.79 Å². The van der Waals surface area contributed by atoms with Crippen LogP contribution in [-0.2, 0) is 4.79 Å². The minimum atomic E-state index is -0.603. The Hall–Kier alpha value is -1.42. The van der Waals surface area contributed by atoms with E-state index in [0.717, 1.165) is 0 Å². The van der Waals surface area contributed by atoms with Gasteiger partial charge >= 0.3 is 0 Å². The Morgan fingerprint density at radius 3 is 2.87 bits per heavy atom. The number of rotatable bonds is 3. The first-order chi connectivity index (χ1) is 7.04. The largest absolute Gasteiger partial charge is 0.479 e. The molecule has 1 amide bonds. The predicted octanol–water partition coefficient (Wildman–Crippen LogP) is 1.44. The second-order valence-electron chi connectivity index (χ2n) is 3.06. The van der Waals surface area contributed by atoms with Gasteiger partial charge in [0.15, 0.2) is 6.10 Å². The normalized spacial score (nSPS) is 11.9. The molecule has 5 heteroatoms. The first kappa shape index (κ1) is 11.7. The van der Waals surface area contributed by atoms with Gasteiger partial charge in [0.2, 0.25) is 0 Å². The molecule has 0 aromatic heterocycles. The summed E-state index contributed by atoms with van der Waals surface area (Å²) >= 11 is 5.88.